The fourth-order valence-corrected chi connectivity index (χ4v) is 3.97. The number of allylic oxidation sites excluding steroid dienone is 1. The van der Waals surface area contributed by atoms with Gasteiger partial charge in [-0.3, -0.25) is 4.79 Å². The summed E-state index contributed by atoms with van der Waals surface area (Å²) in [5, 5.41) is 9.11. The second kappa shape index (κ2) is 8.08. The molecule has 0 saturated heterocycles. The van der Waals surface area contributed by atoms with Crippen LogP contribution in [0.1, 0.15) is 24.5 Å². The summed E-state index contributed by atoms with van der Waals surface area (Å²) in [6.07, 6.45) is 3.98. The highest BCUT2D eigenvalue weighted by atomic mass is 32.2. The summed E-state index contributed by atoms with van der Waals surface area (Å²) in [6, 6.07) is 12.6. The Hall–Kier alpha value is -3.13. The van der Waals surface area contributed by atoms with E-state index in [1.807, 2.05) is 26.1 Å². The van der Waals surface area contributed by atoms with E-state index in [-0.39, 0.29) is 4.90 Å². The van der Waals surface area contributed by atoms with Crippen LogP contribution in [0.2, 0.25) is 0 Å². The molecule has 2 aromatic rings. The van der Waals surface area contributed by atoms with Gasteiger partial charge in [-0.05, 0) is 67.3 Å². The van der Waals surface area contributed by atoms with E-state index in [0.29, 0.717) is 5.69 Å². The Labute approximate surface area is 170 Å². The van der Waals surface area contributed by atoms with Crippen molar-refractivity contribution in [3.05, 3.63) is 59.2 Å². The number of nitrogens with one attached hydrogen (secondary N) is 1. The Morgan fingerprint density at radius 1 is 1.17 bits per heavy atom. The van der Waals surface area contributed by atoms with Gasteiger partial charge in [-0.1, -0.05) is 6.07 Å². The van der Waals surface area contributed by atoms with Gasteiger partial charge in [0.1, 0.15) is 6.21 Å². The minimum atomic E-state index is -3.32. The van der Waals surface area contributed by atoms with Gasteiger partial charge >= 0.3 is 0 Å². The Morgan fingerprint density at radius 2 is 1.86 bits per heavy atom. The zero-order valence-corrected chi connectivity index (χ0v) is 17.5. The molecule has 0 atom stereocenters. The van der Waals surface area contributed by atoms with Crippen LogP contribution in [-0.2, 0) is 21.1 Å². The molecule has 0 spiro atoms. The number of benzene rings is 2. The first kappa shape index (κ1) is 20.6. The molecule has 0 unspecified atom stereocenters. The van der Waals surface area contributed by atoms with Gasteiger partial charge in [0, 0.05) is 24.6 Å². The molecule has 0 saturated carbocycles. The van der Waals surface area contributed by atoms with Gasteiger partial charge in [-0.2, -0.15) is 5.10 Å². The van der Waals surface area contributed by atoms with E-state index < -0.39 is 15.7 Å². The van der Waals surface area contributed by atoms with Gasteiger partial charge in [0.15, 0.2) is 9.84 Å². The second-order valence-electron chi connectivity index (χ2n) is 6.98. The number of carbonyl (C=O) groups excluding carboxylic acids is 1. The summed E-state index contributed by atoms with van der Waals surface area (Å²) in [7, 11) is -1.46. The SMILES string of the molecule is CNc1ccc2c(c1)C(N(/N=C/C(N)=O)c1ccc(S(C)(=O)=O)cc1)=C(C)CC2. The van der Waals surface area contributed by atoms with Crippen molar-refractivity contribution in [2.24, 2.45) is 10.8 Å². The maximum Gasteiger partial charge on any atom is 0.261 e. The zero-order valence-electron chi connectivity index (χ0n) is 16.6. The number of fused-ring (bicyclic) bond motifs is 1. The van der Waals surface area contributed by atoms with Crippen molar-refractivity contribution in [1.29, 1.82) is 0 Å². The minimum absolute atomic E-state index is 0.215. The van der Waals surface area contributed by atoms with Crippen LogP contribution in [0.4, 0.5) is 11.4 Å². The van der Waals surface area contributed by atoms with E-state index in [2.05, 4.69) is 16.5 Å². The summed E-state index contributed by atoms with van der Waals surface area (Å²) < 4.78 is 23.6. The van der Waals surface area contributed by atoms with Gasteiger partial charge < -0.3 is 11.1 Å². The van der Waals surface area contributed by atoms with Crippen molar-refractivity contribution in [1.82, 2.24) is 0 Å². The van der Waals surface area contributed by atoms with Crippen molar-refractivity contribution in [2.45, 2.75) is 24.7 Å². The molecule has 29 heavy (non-hydrogen) atoms. The van der Waals surface area contributed by atoms with Gasteiger partial charge in [-0.15, -0.1) is 0 Å². The van der Waals surface area contributed by atoms with E-state index in [0.717, 1.165) is 47.8 Å². The lowest BCUT2D eigenvalue weighted by molar-refractivity contribution is -0.111. The number of nitrogens with two attached hydrogens (primary N) is 1. The van der Waals surface area contributed by atoms with Crippen molar-refractivity contribution in [2.75, 3.05) is 23.6 Å². The number of sulfone groups is 1. The number of aryl methyl sites for hydroxylation is 1. The lowest BCUT2D eigenvalue weighted by Crippen LogP contribution is -2.22. The molecule has 1 aliphatic carbocycles. The van der Waals surface area contributed by atoms with Crippen molar-refractivity contribution in [3.8, 4) is 0 Å². The molecule has 7 nitrogen and oxygen atoms in total. The second-order valence-corrected chi connectivity index (χ2v) is 8.99. The van der Waals surface area contributed by atoms with Crippen molar-refractivity contribution < 1.29 is 13.2 Å². The molecular formula is C21H24N4O3S. The monoisotopic (exact) mass is 412 g/mol. The molecule has 0 bridgehead atoms. The molecule has 2 aromatic carbocycles. The van der Waals surface area contributed by atoms with Crippen LogP contribution in [0, 0.1) is 0 Å². The highest BCUT2D eigenvalue weighted by Crippen LogP contribution is 2.38. The largest absolute Gasteiger partial charge is 0.388 e. The summed E-state index contributed by atoms with van der Waals surface area (Å²) in [5.41, 5.74) is 11.0. The Bertz CT molecular complexity index is 1100. The number of anilines is 2. The Balaban J connectivity index is 2.16. The zero-order chi connectivity index (χ0) is 21.2. The molecule has 0 aliphatic heterocycles. The topological polar surface area (TPSA) is 105 Å². The number of primary amides is 1. The molecule has 0 radical (unpaired) electrons. The smallest absolute Gasteiger partial charge is 0.261 e. The van der Waals surface area contributed by atoms with Crippen LogP contribution in [0.5, 0.6) is 0 Å². The first-order valence-corrected chi connectivity index (χ1v) is 11.0. The first-order valence-electron chi connectivity index (χ1n) is 9.15. The molecule has 0 heterocycles. The number of rotatable bonds is 6. The molecular weight excluding hydrogens is 388 g/mol. The molecule has 0 fully saturated rings. The van der Waals surface area contributed by atoms with E-state index in [1.165, 1.54) is 17.7 Å². The minimum Gasteiger partial charge on any atom is -0.388 e. The lowest BCUT2D eigenvalue weighted by Gasteiger charge is -2.30. The number of carbonyl (C=O) groups is 1. The standard InChI is InChI=1S/C21H24N4O3S/c1-14-4-5-15-6-7-16(23-2)12-19(15)21(14)25(24-13-20(22)26)17-8-10-18(11-9-17)29(3,27)28/h6-13,23H,4-5H2,1-3H3,(H2,22,26)/b24-13+. The highest BCUT2D eigenvalue weighted by molar-refractivity contribution is 7.90. The first-order chi connectivity index (χ1) is 13.7. The van der Waals surface area contributed by atoms with Gasteiger partial charge in [0.25, 0.3) is 5.91 Å². The molecule has 152 valence electrons. The van der Waals surface area contributed by atoms with Gasteiger partial charge in [0.2, 0.25) is 0 Å². The van der Waals surface area contributed by atoms with E-state index >= 15 is 0 Å². The highest BCUT2D eigenvalue weighted by Gasteiger charge is 2.23. The van der Waals surface area contributed by atoms with Crippen LogP contribution in [0.25, 0.3) is 5.70 Å². The van der Waals surface area contributed by atoms with Crippen LogP contribution in [0.3, 0.4) is 0 Å². The average molecular weight is 413 g/mol. The van der Waals surface area contributed by atoms with Gasteiger partial charge in [-0.25, -0.2) is 13.4 Å². The summed E-state index contributed by atoms with van der Waals surface area (Å²) >= 11 is 0. The third kappa shape index (κ3) is 4.48. The van der Waals surface area contributed by atoms with Gasteiger partial charge in [0.05, 0.1) is 16.3 Å². The Morgan fingerprint density at radius 3 is 2.45 bits per heavy atom. The molecule has 8 heteroatoms. The lowest BCUT2D eigenvalue weighted by atomic mass is 9.89. The molecule has 3 rings (SSSR count). The molecule has 1 amide bonds. The number of hydrazone groups is 1. The maximum absolute atomic E-state index is 11.8. The number of amides is 1. The van der Waals surface area contributed by atoms with Crippen LogP contribution >= 0.6 is 0 Å². The van der Waals surface area contributed by atoms with Crippen LogP contribution in [-0.4, -0.2) is 33.8 Å². The number of hydrogen-bond donors (Lipinski definition) is 2. The average Bonchev–Trinajstić information content (AvgIpc) is 2.68. The third-order valence-corrected chi connectivity index (χ3v) is 5.98. The number of nitrogens with zero attached hydrogens (tertiary/aromatic N) is 2. The van der Waals surface area contributed by atoms with Crippen molar-refractivity contribution >= 4 is 39.0 Å². The summed E-state index contributed by atoms with van der Waals surface area (Å²) in [4.78, 5) is 11.6. The number of hydrogen-bond acceptors (Lipinski definition) is 6. The summed E-state index contributed by atoms with van der Waals surface area (Å²) in [5.74, 6) is -0.666. The Kier molecular flexibility index (Phi) is 5.74. The molecule has 1 aliphatic rings. The quantitative estimate of drug-likeness (QED) is 0.561. The van der Waals surface area contributed by atoms with Crippen LogP contribution in [0.15, 0.2) is 58.0 Å². The third-order valence-electron chi connectivity index (χ3n) is 4.85. The fourth-order valence-electron chi connectivity index (χ4n) is 3.34. The molecule has 3 N–H and O–H groups in total. The van der Waals surface area contributed by atoms with E-state index in [9.17, 15) is 13.2 Å². The van der Waals surface area contributed by atoms with E-state index in [4.69, 9.17) is 5.73 Å². The molecule has 0 aromatic heterocycles. The maximum atomic E-state index is 11.8. The van der Waals surface area contributed by atoms with E-state index in [1.54, 1.807) is 17.1 Å². The van der Waals surface area contributed by atoms with Crippen LogP contribution < -0.4 is 16.1 Å². The predicted molar refractivity (Wildman–Crippen MR) is 117 cm³/mol. The predicted octanol–water partition coefficient (Wildman–Crippen LogP) is 2.79. The summed E-state index contributed by atoms with van der Waals surface area (Å²) in [6.45, 7) is 2.03. The normalized spacial score (nSPS) is 14.0. The van der Waals surface area contributed by atoms with Crippen molar-refractivity contribution in [3.63, 3.8) is 0 Å². The fraction of sp³-hybridized carbons (Fsp3) is 0.238.